The van der Waals surface area contributed by atoms with Crippen LogP contribution >= 0.6 is 0 Å². The number of nitrogen functional groups attached to an aromatic ring is 1. The zero-order chi connectivity index (χ0) is 12.3. The molecular formula is C12H20N4O. The number of hydrogen-bond acceptors (Lipinski definition) is 5. The molecular weight excluding hydrogens is 216 g/mol. The minimum absolute atomic E-state index is 0.108. The molecule has 1 atom stereocenters. The molecule has 0 amide bonds. The summed E-state index contributed by atoms with van der Waals surface area (Å²) in [5.74, 6) is 7.36. The summed E-state index contributed by atoms with van der Waals surface area (Å²) >= 11 is 0. The van der Waals surface area contributed by atoms with Crippen molar-refractivity contribution in [3.8, 4) is 0 Å². The van der Waals surface area contributed by atoms with Crippen molar-refractivity contribution < 1.29 is 4.74 Å². The van der Waals surface area contributed by atoms with Crippen LogP contribution in [0.1, 0.15) is 56.1 Å². The van der Waals surface area contributed by atoms with Crippen LogP contribution in [0.3, 0.4) is 0 Å². The summed E-state index contributed by atoms with van der Waals surface area (Å²) in [6, 6.07) is 1.95. The van der Waals surface area contributed by atoms with E-state index in [1.54, 1.807) is 7.11 Å². The van der Waals surface area contributed by atoms with Crippen molar-refractivity contribution in [1.29, 1.82) is 0 Å². The fourth-order valence-electron chi connectivity index (χ4n) is 2.28. The van der Waals surface area contributed by atoms with Gasteiger partial charge < -0.3 is 10.2 Å². The fraction of sp³-hybridized carbons (Fsp3) is 0.667. The van der Waals surface area contributed by atoms with E-state index in [1.165, 1.54) is 25.7 Å². The van der Waals surface area contributed by atoms with Gasteiger partial charge in [0, 0.05) is 24.8 Å². The van der Waals surface area contributed by atoms with E-state index in [0.29, 0.717) is 17.6 Å². The normalized spacial score (nSPS) is 18.3. The lowest BCUT2D eigenvalue weighted by molar-refractivity contribution is 0.112. The van der Waals surface area contributed by atoms with Crippen molar-refractivity contribution in [1.82, 2.24) is 9.97 Å². The summed E-state index contributed by atoms with van der Waals surface area (Å²) in [5.41, 5.74) is 3.69. The molecule has 5 heteroatoms. The summed E-state index contributed by atoms with van der Waals surface area (Å²) in [6.45, 7) is 1.94. The third kappa shape index (κ3) is 2.73. The molecule has 1 heterocycles. The monoisotopic (exact) mass is 236 g/mol. The molecule has 1 aromatic rings. The van der Waals surface area contributed by atoms with Gasteiger partial charge in [0.1, 0.15) is 11.9 Å². The molecule has 2 rings (SSSR count). The van der Waals surface area contributed by atoms with Crippen molar-refractivity contribution in [2.75, 3.05) is 12.5 Å². The zero-order valence-electron chi connectivity index (χ0n) is 10.4. The van der Waals surface area contributed by atoms with Crippen LogP contribution < -0.4 is 11.3 Å². The first kappa shape index (κ1) is 12.3. The number of nitrogens with one attached hydrogen (secondary N) is 1. The highest BCUT2D eigenvalue weighted by Crippen LogP contribution is 2.34. The second-order valence-corrected chi connectivity index (χ2v) is 4.54. The van der Waals surface area contributed by atoms with Gasteiger partial charge in [-0.15, -0.1) is 0 Å². The van der Waals surface area contributed by atoms with Gasteiger partial charge in [0.15, 0.2) is 5.82 Å². The molecule has 0 radical (unpaired) electrons. The Bertz CT molecular complexity index is 377. The SMILES string of the molecule is COC(C)c1nc(NN)cc(C2CCCC2)n1. The number of hydrogen-bond donors (Lipinski definition) is 2. The molecule has 1 unspecified atom stereocenters. The average molecular weight is 236 g/mol. The van der Waals surface area contributed by atoms with Crippen molar-refractivity contribution in [2.45, 2.75) is 44.6 Å². The number of nitrogens with two attached hydrogens (primary N) is 1. The molecule has 1 aromatic heterocycles. The van der Waals surface area contributed by atoms with Crippen molar-refractivity contribution in [2.24, 2.45) is 5.84 Å². The molecule has 0 aliphatic heterocycles. The van der Waals surface area contributed by atoms with E-state index >= 15 is 0 Å². The van der Waals surface area contributed by atoms with Crippen LogP contribution in [0.2, 0.25) is 0 Å². The third-order valence-electron chi connectivity index (χ3n) is 3.40. The van der Waals surface area contributed by atoms with Gasteiger partial charge >= 0.3 is 0 Å². The Labute approximate surface area is 102 Å². The van der Waals surface area contributed by atoms with Gasteiger partial charge in [0.2, 0.25) is 0 Å². The van der Waals surface area contributed by atoms with Crippen LogP contribution in [0.5, 0.6) is 0 Å². The molecule has 1 aliphatic rings. The number of nitrogens with zero attached hydrogens (tertiary/aromatic N) is 2. The molecule has 1 saturated carbocycles. The maximum absolute atomic E-state index is 5.45. The predicted molar refractivity (Wildman–Crippen MR) is 66.5 cm³/mol. The van der Waals surface area contributed by atoms with E-state index in [4.69, 9.17) is 10.6 Å². The average Bonchev–Trinajstić information content (AvgIpc) is 2.91. The molecule has 1 aliphatic carbocycles. The van der Waals surface area contributed by atoms with Gasteiger partial charge in [-0.1, -0.05) is 12.8 Å². The molecule has 5 nitrogen and oxygen atoms in total. The Hall–Kier alpha value is -1.20. The lowest BCUT2D eigenvalue weighted by Gasteiger charge is -2.14. The molecule has 0 spiro atoms. The maximum atomic E-state index is 5.45. The number of rotatable bonds is 4. The highest BCUT2D eigenvalue weighted by Gasteiger charge is 2.21. The largest absolute Gasteiger partial charge is 0.374 e. The topological polar surface area (TPSA) is 73.1 Å². The standard InChI is InChI=1S/C12H20N4O/c1-8(17-2)12-14-10(7-11(15-12)16-13)9-5-3-4-6-9/h7-9H,3-6,13H2,1-2H3,(H,14,15,16). The number of aromatic nitrogens is 2. The highest BCUT2D eigenvalue weighted by molar-refractivity contribution is 5.36. The molecule has 1 fully saturated rings. The lowest BCUT2D eigenvalue weighted by Crippen LogP contribution is -2.14. The fourth-order valence-corrected chi connectivity index (χ4v) is 2.28. The number of methoxy groups -OCH3 is 1. The van der Waals surface area contributed by atoms with Crippen LogP contribution in [-0.2, 0) is 4.74 Å². The number of ether oxygens (including phenoxy) is 1. The Morgan fingerprint density at radius 2 is 2.12 bits per heavy atom. The first-order chi connectivity index (χ1) is 8.24. The second kappa shape index (κ2) is 5.42. The Morgan fingerprint density at radius 1 is 1.41 bits per heavy atom. The van der Waals surface area contributed by atoms with Gasteiger partial charge in [0.25, 0.3) is 0 Å². The smallest absolute Gasteiger partial charge is 0.159 e. The maximum Gasteiger partial charge on any atom is 0.159 e. The number of hydrazine groups is 1. The van der Waals surface area contributed by atoms with Crippen molar-refractivity contribution in [3.05, 3.63) is 17.6 Å². The summed E-state index contributed by atoms with van der Waals surface area (Å²) in [4.78, 5) is 8.92. The third-order valence-corrected chi connectivity index (χ3v) is 3.40. The summed E-state index contributed by atoms with van der Waals surface area (Å²) in [7, 11) is 1.66. The van der Waals surface area contributed by atoms with Gasteiger partial charge in [-0.05, 0) is 19.8 Å². The van der Waals surface area contributed by atoms with E-state index in [0.717, 1.165) is 5.69 Å². The van der Waals surface area contributed by atoms with Crippen LogP contribution in [-0.4, -0.2) is 17.1 Å². The van der Waals surface area contributed by atoms with E-state index in [-0.39, 0.29) is 6.10 Å². The Kier molecular flexibility index (Phi) is 3.91. The summed E-state index contributed by atoms with van der Waals surface area (Å²) in [5, 5.41) is 0. The Balaban J connectivity index is 2.30. The van der Waals surface area contributed by atoms with Crippen molar-refractivity contribution >= 4 is 5.82 Å². The van der Waals surface area contributed by atoms with E-state index in [2.05, 4.69) is 15.4 Å². The van der Waals surface area contributed by atoms with E-state index < -0.39 is 0 Å². The lowest BCUT2D eigenvalue weighted by atomic mass is 10.0. The van der Waals surface area contributed by atoms with Crippen LogP contribution in [0, 0.1) is 0 Å². The Morgan fingerprint density at radius 3 is 2.71 bits per heavy atom. The van der Waals surface area contributed by atoms with Gasteiger partial charge in [-0.3, -0.25) is 0 Å². The molecule has 0 aromatic carbocycles. The summed E-state index contributed by atoms with van der Waals surface area (Å²) in [6.07, 6.45) is 4.89. The van der Waals surface area contributed by atoms with Gasteiger partial charge in [-0.2, -0.15) is 0 Å². The first-order valence-electron chi connectivity index (χ1n) is 6.13. The first-order valence-corrected chi connectivity index (χ1v) is 6.13. The van der Waals surface area contributed by atoms with E-state index in [1.807, 2.05) is 13.0 Å². The minimum atomic E-state index is -0.108. The molecule has 0 bridgehead atoms. The van der Waals surface area contributed by atoms with Crippen molar-refractivity contribution in [3.63, 3.8) is 0 Å². The second-order valence-electron chi connectivity index (χ2n) is 4.54. The minimum Gasteiger partial charge on any atom is -0.374 e. The number of anilines is 1. The summed E-state index contributed by atoms with van der Waals surface area (Å²) < 4.78 is 5.26. The molecule has 94 valence electrons. The van der Waals surface area contributed by atoms with Gasteiger partial charge in [-0.25, -0.2) is 15.8 Å². The molecule has 3 N–H and O–H groups in total. The van der Waals surface area contributed by atoms with E-state index in [9.17, 15) is 0 Å². The highest BCUT2D eigenvalue weighted by atomic mass is 16.5. The van der Waals surface area contributed by atoms with Crippen LogP contribution in [0.4, 0.5) is 5.82 Å². The van der Waals surface area contributed by atoms with Gasteiger partial charge in [0.05, 0.1) is 0 Å². The molecule has 17 heavy (non-hydrogen) atoms. The predicted octanol–water partition coefficient (Wildman–Crippen LogP) is 2.13. The zero-order valence-corrected chi connectivity index (χ0v) is 10.4. The molecule has 0 saturated heterocycles. The van der Waals surface area contributed by atoms with Crippen LogP contribution in [0.25, 0.3) is 0 Å². The quantitative estimate of drug-likeness (QED) is 0.619. The van der Waals surface area contributed by atoms with Crippen LogP contribution in [0.15, 0.2) is 6.07 Å².